The predicted octanol–water partition coefficient (Wildman–Crippen LogP) is 3.58. The summed E-state index contributed by atoms with van der Waals surface area (Å²) in [5, 5.41) is 16.6. The smallest absolute Gasteiger partial charge is 0.231 e. The molecular formula is C24H38IN3O4. The lowest BCUT2D eigenvalue weighted by molar-refractivity contribution is 0.131. The molecule has 0 bridgehead atoms. The van der Waals surface area contributed by atoms with Crippen molar-refractivity contribution in [2.75, 3.05) is 46.2 Å². The molecule has 3 N–H and O–H groups in total. The van der Waals surface area contributed by atoms with Crippen LogP contribution in [-0.2, 0) is 10.2 Å². The number of rotatable bonds is 8. The fourth-order valence-corrected chi connectivity index (χ4v) is 5.15. The van der Waals surface area contributed by atoms with Gasteiger partial charge in [0, 0.05) is 37.1 Å². The number of ether oxygens (including phenoxy) is 3. The summed E-state index contributed by atoms with van der Waals surface area (Å²) in [4.78, 5) is 4.91. The number of benzene rings is 1. The maximum absolute atomic E-state index is 9.51. The van der Waals surface area contributed by atoms with Crippen molar-refractivity contribution in [2.45, 2.75) is 57.3 Å². The van der Waals surface area contributed by atoms with Gasteiger partial charge in [0.25, 0.3) is 0 Å². The van der Waals surface area contributed by atoms with Crippen LogP contribution in [0.4, 0.5) is 0 Å². The fraction of sp³-hybridized carbons (Fsp3) is 0.708. The Bertz CT molecular complexity index is 762. The van der Waals surface area contributed by atoms with Crippen molar-refractivity contribution in [3.63, 3.8) is 0 Å². The Kier molecular flexibility index (Phi) is 9.31. The second-order valence-corrected chi connectivity index (χ2v) is 9.23. The highest BCUT2D eigenvalue weighted by molar-refractivity contribution is 14.0. The van der Waals surface area contributed by atoms with Crippen molar-refractivity contribution in [2.24, 2.45) is 10.4 Å². The Hall–Kier alpha value is -1.26. The van der Waals surface area contributed by atoms with E-state index in [2.05, 4.69) is 29.7 Å². The minimum Gasteiger partial charge on any atom is -0.454 e. The number of guanidine groups is 1. The Balaban J connectivity index is 0.00000289. The summed E-state index contributed by atoms with van der Waals surface area (Å²) in [5.74, 6) is 2.54. The van der Waals surface area contributed by atoms with E-state index in [4.69, 9.17) is 19.2 Å². The topological polar surface area (TPSA) is 84.3 Å². The summed E-state index contributed by atoms with van der Waals surface area (Å²) in [6.45, 7) is 6.32. The number of hydrogen-bond acceptors (Lipinski definition) is 5. The summed E-state index contributed by atoms with van der Waals surface area (Å²) < 4.78 is 16.8. The SMILES string of the molecule is CCNC(=NCC1(CCO)CCOC1)NCC1(c2ccc3c(c2)OCO3)CCCCC1.I. The van der Waals surface area contributed by atoms with Crippen LogP contribution in [0, 0.1) is 5.41 Å². The van der Waals surface area contributed by atoms with Crippen molar-refractivity contribution in [1.82, 2.24) is 10.6 Å². The largest absolute Gasteiger partial charge is 0.454 e. The molecule has 1 aromatic rings. The highest BCUT2D eigenvalue weighted by Gasteiger charge is 2.36. The molecule has 3 aliphatic rings. The highest BCUT2D eigenvalue weighted by Crippen LogP contribution is 2.43. The Morgan fingerprint density at radius 2 is 1.91 bits per heavy atom. The maximum Gasteiger partial charge on any atom is 0.231 e. The van der Waals surface area contributed by atoms with Crippen LogP contribution in [0.1, 0.15) is 57.4 Å². The normalized spacial score (nSPS) is 24.1. The Labute approximate surface area is 208 Å². The van der Waals surface area contributed by atoms with Crippen LogP contribution in [0.5, 0.6) is 11.5 Å². The lowest BCUT2D eigenvalue weighted by Crippen LogP contribution is -2.47. The van der Waals surface area contributed by atoms with Crippen molar-refractivity contribution < 1.29 is 19.3 Å². The first kappa shape index (κ1) is 25.4. The summed E-state index contributed by atoms with van der Waals surface area (Å²) in [7, 11) is 0. The van der Waals surface area contributed by atoms with Crippen LogP contribution in [0.2, 0.25) is 0 Å². The molecule has 1 saturated heterocycles. The molecule has 1 aliphatic carbocycles. The number of halogens is 1. The van der Waals surface area contributed by atoms with Crippen molar-refractivity contribution in [3.8, 4) is 11.5 Å². The van der Waals surface area contributed by atoms with Gasteiger partial charge < -0.3 is 30.0 Å². The van der Waals surface area contributed by atoms with Gasteiger partial charge in [-0.05, 0) is 50.3 Å². The average molecular weight is 559 g/mol. The molecule has 2 aliphatic heterocycles. The highest BCUT2D eigenvalue weighted by atomic mass is 127. The Morgan fingerprint density at radius 1 is 1.09 bits per heavy atom. The van der Waals surface area contributed by atoms with Gasteiger partial charge in [0.2, 0.25) is 6.79 Å². The zero-order chi connectivity index (χ0) is 21.6. The van der Waals surface area contributed by atoms with Crippen LogP contribution in [0.25, 0.3) is 0 Å². The lowest BCUT2D eigenvalue weighted by atomic mass is 9.69. The molecule has 2 heterocycles. The van der Waals surface area contributed by atoms with E-state index in [1.54, 1.807) is 0 Å². The van der Waals surface area contributed by atoms with E-state index < -0.39 is 0 Å². The zero-order valence-electron chi connectivity index (χ0n) is 19.2. The van der Waals surface area contributed by atoms with E-state index in [0.717, 1.165) is 62.8 Å². The third-order valence-electron chi connectivity index (χ3n) is 7.13. The van der Waals surface area contributed by atoms with E-state index >= 15 is 0 Å². The summed E-state index contributed by atoms with van der Waals surface area (Å²) in [6.07, 6.45) is 7.77. The predicted molar refractivity (Wildman–Crippen MR) is 136 cm³/mol. The van der Waals surface area contributed by atoms with Gasteiger partial charge in [-0.2, -0.15) is 0 Å². The van der Waals surface area contributed by atoms with Gasteiger partial charge in [0.15, 0.2) is 17.5 Å². The quantitative estimate of drug-likeness (QED) is 0.257. The van der Waals surface area contributed by atoms with Crippen LogP contribution in [-0.4, -0.2) is 57.3 Å². The number of nitrogens with one attached hydrogen (secondary N) is 2. The van der Waals surface area contributed by atoms with Crippen LogP contribution < -0.4 is 20.1 Å². The van der Waals surface area contributed by atoms with Gasteiger partial charge in [0.1, 0.15) is 0 Å². The zero-order valence-corrected chi connectivity index (χ0v) is 21.5. The van der Waals surface area contributed by atoms with Crippen molar-refractivity contribution in [3.05, 3.63) is 23.8 Å². The molecule has 180 valence electrons. The minimum absolute atomic E-state index is 0. The number of aliphatic imine (C=N–C) groups is 1. The maximum atomic E-state index is 9.51. The molecule has 8 heteroatoms. The van der Waals surface area contributed by atoms with E-state index in [-0.39, 0.29) is 41.4 Å². The number of aliphatic hydroxyl groups is 1. The fourth-order valence-electron chi connectivity index (χ4n) is 5.15. The molecule has 0 aromatic heterocycles. The second kappa shape index (κ2) is 11.7. The van der Waals surface area contributed by atoms with Gasteiger partial charge in [0.05, 0.1) is 13.2 Å². The molecule has 1 aromatic carbocycles. The molecule has 0 radical (unpaired) electrons. The number of aliphatic hydroxyl groups excluding tert-OH is 1. The monoisotopic (exact) mass is 559 g/mol. The third-order valence-corrected chi connectivity index (χ3v) is 7.13. The number of nitrogens with zero attached hydrogens (tertiary/aromatic N) is 1. The van der Waals surface area contributed by atoms with Gasteiger partial charge in [-0.15, -0.1) is 24.0 Å². The van der Waals surface area contributed by atoms with Gasteiger partial charge in [-0.25, -0.2) is 0 Å². The molecule has 0 amide bonds. The second-order valence-electron chi connectivity index (χ2n) is 9.23. The molecular weight excluding hydrogens is 521 g/mol. The molecule has 1 saturated carbocycles. The van der Waals surface area contributed by atoms with Gasteiger partial charge in [-0.1, -0.05) is 25.3 Å². The van der Waals surface area contributed by atoms with Crippen LogP contribution in [0.3, 0.4) is 0 Å². The van der Waals surface area contributed by atoms with E-state index in [1.807, 2.05) is 6.07 Å². The summed E-state index contributed by atoms with van der Waals surface area (Å²) >= 11 is 0. The van der Waals surface area contributed by atoms with Gasteiger partial charge >= 0.3 is 0 Å². The van der Waals surface area contributed by atoms with E-state index in [9.17, 15) is 5.11 Å². The van der Waals surface area contributed by atoms with E-state index in [1.165, 1.54) is 24.8 Å². The molecule has 1 unspecified atom stereocenters. The Morgan fingerprint density at radius 3 is 2.62 bits per heavy atom. The first-order chi connectivity index (χ1) is 15.2. The standard InChI is InChI=1S/C24H37N3O4.HI/c1-2-25-22(26-15-23(10-12-28)11-13-29-17-23)27-16-24(8-4-3-5-9-24)19-6-7-20-21(14-19)31-18-30-20;/h6-7,14,28H,2-5,8-13,15-18H2,1H3,(H2,25,26,27);1H. The lowest BCUT2D eigenvalue weighted by Gasteiger charge is -2.38. The first-order valence-corrected chi connectivity index (χ1v) is 11.8. The molecule has 4 rings (SSSR count). The summed E-state index contributed by atoms with van der Waals surface area (Å²) in [6, 6.07) is 6.42. The van der Waals surface area contributed by atoms with Crippen molar-refractivity contribution >= 4 is 29.9 Å². The van der Waals surface area contributed by atoms with Gasteiger partial charge in [-0.3, -0.25) is 4.99 Å². The van der Waals surface area contributed by atoms with E-state index in [0.29, 0.717) is 19.9 Å². The molecule has 7 nitrogen and oxygen atoms in total. The van der Waals surface area contributed by atoms with Crippen LogP contribution >= 0.6 is 24.0 Å². The minimum atomic E-state index is -0.0447. The summed E-state index contributed by atoms with van der Waals surface area (Å²) in [5.41, 5.74) is 1.34. The van der Waals surface area contributed by atoms with Crippen LogP contribution in [0.15, 0.2) is 23.2 Å². The third kappa shape index (κ3) is 5.80. The molecule has 32 heavy (non-hydrogen) atoms. The number of fused-ring (bicyclic) bond motifs is 1. The molecule has 0 spiro atoms. The molecule has 2 fully saturated rings. The first-order valence-electron chi connectivity index (χ1n) is 11.8. The number of hydrogen-bond donors (Lipinski definition) is 3. The average Bonchev–Trinajstić information content (AvgIpc) is 3.46. The van der Waals surface area contributed by atoms with Crippen molar-refractivity contribution in [1.29, 1.82) is 0 Å². The molecule has 1 atom stereocenters.